The van der Waals surface area contributed by atoms with Crippen molar-refractivity contribution in [3.05, 3.63) is 11.6 Å². The van der Waals surface area contributed by atoms with Crippen molar-refractivity contribution >= 4 is 0 Å². The Morgan fingerprint density at radius 3 is 2.50 bits per heavy atom. The summed E-state index contributed by atoms with van der Waals surface area (Å²) in [6.07, 6.45) is 8.84. The summed E-state index contributed by atoms with van der Waals surface area (Å²) in [6, 6.07) is 0.553. The normalized spacial score (nSPS) is 18.4. The fourth-order valence-electron chi connectivity index (χ4n) is 3.35. The Bertz CT molecular complexity index is 393. The van der Waals surface area contributed by atoms with Crippen molar-refractivity contribution in [1.29, 1.82) is 0 Å². The standard InChI is InChI=1S/C16H30N4/c1-4-15-18-16(5-2)20(19-15)12-14(17-6-3)13-10-8-7-9-11-13/h13-14,17H,4-12H2,1-3H3. The van der Waals surface area contributed by atoms with Gasteiger partial charge in [-0.1, -0.05) is 40.0 Å². The van der Waals surface area contributed by atoms with Gasteiger partial charge in [-0.3, -0.25) is 0 Å². The molecule has 0 aliphatic heterocycles. The average molecular weight is 278 g/mol. The van der Waals surface area contributed by atoms with Crippen molar-refractivity contribution in [3.63, 3.8) is 0 Å². The third-order valence-corrected chi connectivity index (χ3v) is 4.48. The maximum Gasteiger partial charge on any atom is 0.150 e. The van der Waals surface area contributed by atoms with Crippen LogP contribution in [0.3, 0.4) is 0 Å². The molecule has 1 atom stereocenters. The molecule has 114 valence electrons. The van der Waals surface area contributed by atoms with Gasteiger partial charge in [0.05, 0.1) is 6.54 Å². The number of likely N-dealkylation sites (N-methyl/N-ethyl adjacent to an activating group) is 1. The first kappa shape index (κ1) is 15.5. The first-order valence-corrected chi connectivity index (χ1v) is 8.44. The zero-order chi connectivity index (χ0) is 14.4. The number of aromatic nitrogens is 3. The Morgan fingerprint density at radius 2 is 1.90 bits per heavy atom. The zero-order valence-corrected chi connectivity index (χ0v) is 13.4. The molecule has 2 rings (SSSR count). The minimum Gasteiger partial charge on any atom is -0.312 e. The maximum absolute atomic E-state index is 4.68. The van der Waals surface area contributed by atoms with E-state index >= 15 is 0 Å². The van der Waals surface area contributed by atoms with Gasteiger partial charge < -0.3 is 5.32 Å². The third-order valence-electron chi connectivity index (χ3n) is 4.48. The molecule has 0 spiro atoms. The average Bonchev–Trinajstić information content (AvgIpc) is 2.90. The summed E-state index contributed by atoms with van der Waals surface area (Å²) >= 11 is 0. The van der Waals surface area contributed by atoms with E-state index < -0.39 is 0 Å². The van der Waals surface area contributed by atoms with Gasteiger partial charge in [-0.05, 0) is 25.3 Å². The largest absolute Gasteiger partial charge is 0.312 e. The van der Waals surface area contributed by atoms with Gasteiger partial charge in [-0.2, -0.15) is 5.10 Å². The minimum absolute atomic E-state index is 0.553. The summed E-state index contributed by atoms with van der Waals surface area (Å²) in [5, 5.41) is 8.37. The molecule has 0 amide bonds. The van der Waals surface area contributed by atoms with Crippen LogP contribution in [0.15, 0.2) is 0 Å². The smallest absolute Gasteiger partial charge is 0.150 e. The lowest BCUT2D eigenvalue weighted by molar-refractivity contribution is 0.243. The fourth-order valence-corrected chi connectivity index (χ4v) is 3.35. The number of nitrogens with zero attached hydrogens (tertiary/aromatic N) is 3. The van der Waals surface area contributed by atoms with Crippen molar-refractivity contribution in [1.82, 2.24) is 20.1 Å². The molecule has 1 aliphatic carbocycles. The molecule has 20 heavy (non-hydrogen) atoms. The van der Waals surface area contributed by atoms with Crippen molar-refractivity contribution in [2.75, 3.05) is 6.54 Å². The van der Waals surface area contributed by atoms with E-state index in [9.17, 15) is 0 Å². The van der Waals surface area contributed by atoms with Crippen LogP contribution >= 0.6 is 0 Å². The van der Waals surface area contributed by atoms with Gasteiger partial charge in [0.1, 0.15) is 5.82 Å². The highest BCUT2D eigenvalue weighted by molar-refractivity contribution is 4.94. The lowest BCUT2D eigenvalue weighted by Gasteiger charge is -2.31. The van der Waals surface area contributed by atoms with E-state index in [0.29, 0.717) is 6.04 Å². The van der Waals surface area contributed by atoms with Crippen molar-refractivity contribution in [2.24, 2.45) is 5.92 Å². The maximum atomic E-state index is 4.68. The summed E-state index contributed by atoms with van der Waals surface area (Å²) < 4.78 is 2.15. The minimum atomic E-state index is 0.553. The molecule has 0 aromatic carbocycles. The van der Waals surface area contributed by atoms with Crippen LogP contribution in [0.1, 0.15) is 64.5 Å². The number of rotatable bonds is 7. The first-order valence-electron chi connectivity index (χ1n) is 8.44. The highest BCUT2D eigenvalue weighted by Gasteiger charge is 2.24. The molecule has 1 fully saturated rings. The van der Waals surface area contributed by atoms with Gasteiger partial charge in [-0.25, -0.2) is 9.67 Å². The third kappa shape index (κ3) is 3.81. The summed E-state index contributed by atoms with van der Waals surface area (Å²) in [4.78, 5) is 4.63. The van der Waals surface area contributed by atoms with Crippen molar-refractivity contribution in [3.8, 4) is 0 Å². The van der Waals surface area contributed by atoms with Crippen molar-refractivity contribution < 1.29 is 0 Å². The highest BCUT2D eigenvalue weighted by atomic mass is 15.4. The van der Waals surface area contributed by atoms with Crippen LogP contribution in [0.4, 0.5) is 0 Å². The number of hydrogen-bond acceptors (Lipinski definition) is 3. The Balaban J connectivity index is 2.08. The molecule has 0 radical (unpaired) electrons. The van der Waals surface area contributed by atoms with E-state index in [1.165, 1.54) is 32.1 Å². The van der Waals surface area contributed by atoms with Crippen LogP contribution in [-0.4, -0.2) is 27.4 Å². The number of nitrogens with one attached hydrogen (secondary N) is 1. The lowest BCUT2D eigenvalue weighted by atomic mass is 9.84. The molecule has 1 aromatic heterocycles. The Hall–Kier alpha value is -0.900. The van der Waals surface area contributed by atoms with E-state index in [0.717, 1.165) is 43.5 Å². The van der Waals surface area contributed by atoms with Crippen LogP contribution in [0.25, 0.3) is 0 Å². The molecule has 4 nitrogen and oxygen atoms in total. The molecule has 4 heteroatoms. The van der Waals surface area contributed by atoms with Crippen LogP contribution in [-0.2, 0) is 19.4 Å². The predicted molar refractivity (Wildman–Crippen MR) is 82.8 cm³/mol. The van der Waals surface area contributed by atoms with Gasteiger partial charge in [0.25, 0.3) is 0 Å². The SMILES string of the molecule is CCNC(Cn1nc(CC)nc1CC)C1CCCCC1. The van der Waals surface area contributed by atoms with Gasteiger partial charge in [-0.15, -0.1) is 0 Å². The zero-order valence-electron chi connectivity index (χ0n) is 13.4. The topological polar surface area (TPSA) is 42.7 Å². The lowest BCUT2D eigenvalue weighted by Crippen LogP contribution is -2.41. The predicted octanol–water partition coefficient (Wildman–Crippen LogP) is 2.96. The molecule has 0 bridgehead atoms. The monoisotopic (exact) mass is 278 g/mol. The van der Waals surface area contributed by atoms with Gasteiger partial charge in [0.2, 0.25) is 0 Å². The number of aryl methyl sites for hydroxylation is 2. The fraction of sp³-hybridized carbons (Fsp3) is 0.875. The molecule has 1 N–H and O–H groups in total. The Labute approximate surface area is 123 Å². The van der Waals surface area contributed by atoms with Gasteiger partial charge in [0.15, 0.2) is 5.82 Å². The molecule has 1 saturated carbocycles. The van der Waals surface area contributed by atoms with Crippen LogP contribution in [0.5, 0.6) is 0 Å². The molecule has 1 unspecified atom stereocenters. The molecule has 1 heterocycles. The second kappa shape index (κ2) is 7.77. The Kier molecular flexibility index (Phi) is 6.02. The van der Waals surface area contributed by atoms with E-state index in [1.54, 1.807) is 0 Å². The van der Waals surface area contributed by atoms with Crippen LogP contribution < -0.4 is 5.32 Å². The molecular weight excluding hydrogens is 248 g/mol. The molecule has 1 aliphatic rings. The quantitative estimate of drug-likeness (QED) is 0.834. The molecule has 1 aromatic rings. The first-order chi connectivity index (χ1) is 9.78. The van der Waals surface area contributed by atoms with E-state index in [-0.39, 0.29) is 0 Å². The summed E-state index contributed by atoms with van der Waals surface area (Å²) in [5.41, 5.74) is 0. The summed E-state index contributed by atoms with van der Waals surface area (Å²) in [6.45, 7) is 8.52. The number of hydrogen-bond donors (Lipinski definition) is 1. The van der Waals surface area contributed by atoms with Crippen molar-refractivity contribution in [2.45, 2.75) is 78.3 Å². The van der Waals surface area contributed by atoms with E-state index in [1.807, 2.05) is 0 Å². The van der Waals surface area contributed by atoms with Crippen LogP contribution in [0, 0.1) is 5.92 Å². The second-order valence-electron chi connectivity index (χ2n) is 5.90. The second-order valence-corrected chi connectivity index (χ2v) is 5.90. The van der Waals surface area contributed by atoms with Crippen LogP contribution in [0.2, 0.25) is 0 Å². The molecule has 0 saturated heterocycles. The van der Waals surface area contributed by atoms with E-state index in [2.05, 4.69) is 40.9 Å². The van der Waals surface area contributed by atoms with E-state index in [4.69, 9.17) is 0 Å². The summed E-state index contributed by atoms with van der Waals surface area (Å²) in [7, 11) is 0. The Morgan fingerprint density at radius 1 is 1.15 bits per heavy atom. The summed E-state index contributed by atoms with van der Waals surface area (Å²) in [5.74, 6) is 2.93. The highest BCUT2D eigenvalue weighted by Crippen LogP contribution is 2.27. The van der Waals surface area contributed by atoms with Gasteiger partial charge >= 0.3 is 0 Å². The van der Waals surface area contributed by atoms with Gasteiger partial charge in [0, 0.05) is 18.9 Å². The molecular formula is C16H30N4.